The second kappa shape index (κ2) is 7.35. The van der Waals surface area contributed by atoms with Gasteiger partial charge in [-0.1, -0.05) is 6.42 Å². The van der Waals surface area contributed by atoms with Crippen LogP contribution in [0.1, 0.15) is 44.6 Å². The first-order valence-electron chi connectivity index (χ1n) is 9.03. The number of anilines is 2. The van der Waals surface area contributed by atoms with E-state index in [1.54, 1.807) is 0 Å². The summed E-state index contributed by atoms with van der Waals surface area (Å²) in [6.45, 7) is 8.21. The molecule has 0 spiro atoms. The molecule has 126 valence electrons. The summed E-state index contributed by atoms with van der Waals surface area (Å²) in [7, 11) is 0. The average Bonchev–Trinajstić information content (AvgIpc) is 3.04. The number of rotatable bonds is 4. The summed E-state index contributed by atoms with van der Waals surface area (Å²) in [4.78, 5) is 17.1. The zero-order valence-electron chi connectivity index (χ0n) is 14.5. The Hall–Kier alpha value is -1.55. The molecule has 2 aliphatic rings. The Labute approximate surface area is 139 Å². The molecule has 0 aromatic heterocycles. The smallest absolute Gasteiger partial charge is 0.238 e. The van der Waals surface area contributed by atoms with Gasteiger partial charge in [-0.05, 0) is 69.8 Å². The number of benzene rings is 1. The molecule has 0 aliphatic carbocycles. The largest absolute Gasteiger partial charge is 0.371 e. The van der Waals surface area contributed by atoms with E-state index in [4.69, 9.17) is 0 Å². The van der Waals surface area contributed by atoms with Gasteiger partial charge in [-0.3, -0.25) is 9.69 Å². The molecule has 2 fully saturated rings. The third-order valence-electron chi connectivity index (χ3n) is 5.21. The summed E-state index contributed by atoms with van der Waals surface area (Å²) in [6, 6.07) is 6.82. The number of aryl methyl sites for hydroxylation is 1. The van der Waals surface area contributed by atoms with Crippen molar-refractivity contribution in [2.24, 2.45) is 0 Å². The van der Waals surface area contributed by atoms with Crippen LogP contribution in [0.2, 0.25) is 0 Å². The van der Waals surface area contributed by atoms with Crippen LogP contribution < -0.4 is 10.2 Å². The number of nitrogens with zero attached hydrogens (tertiary/aromatic N) is 2. The lowest BCUT2D eigenvalue weighted by molar-refractivity contribution is -0.118. The summed E-state index contributed by atoms with van der Waals surface area (Å²) in [5.74, 6) is 0.104. The summed E-state index contributed by atoms with van der Waals surface area (Å²) in [5.41, 5.74) is 3.47. The predicted molar refractivity (Wildman–Crippen MR) is 96.1 cm³/mol. The molecule has 1 N–H and O–H groups in total. The molecule has 0 bridgehead atoms. The quantitative estimate of drug-likeness (QED) is 0.925. The van der Waals surface area contributed by atoms with Crippen molar-refractivity contribution >= 4 is 17.3 Å². The van der Waals surface area contributed by atoms with E-state index in [0.717, 1.165) is 25.3 Å². The first-order valence-corrected chi connectivity index (χ1v) is 9.03. The minimum Gasteiger partial charge on any atom is -0.371 e. The molecule has 1 aromatic carbocycles. The standard InChI is InChI=1S/C19H29N3O/c1-15-13-17(8-9-18(15)21-10-5-6-11-21)20-19(23)14-22-12-4-3-7-16(22)2/h8-9,13,16H,3-7,10-12,14H2,1-2H3,(H,20,23)/t16-/m0/s1. The highest BCUT2D eigenvalue weighted by molar-refractivity contribution is 5.92. The van der Waals surface area contributed by atoms with Crippen molar-refractivity contribution in [3.63, 3.8) is 0 Å². The first kappa shape index (κ1) is 16.3. The Morgan fingerprint density at radius 3 is 2.61 bits per heavy atom. The second-order valence-corrected chi connectivity index (χ2v) is 7.06. The number of nitrogens with one attached hydrogen (secondary N) is 1. The molecule has 1 amide bonds. The molecule has 1 aromatic rings. The maximum atomic E-state index is 12.3. The van der Waals surface area contributed by atoms with Crippen molar-refractivity contribution in [3.8, 4) is 0 Å². The molecule has 2 saturated heterocycles. The topological polar surface area (TPSA) is 35.6 Å². The van der Waals surface area contributed by atoms with Gasteiger partial charge in [0.15, 0.2) is 0 Å². The van der Waals surface area contributed by atoms with Gasteiger partial charge in [0.25, 0.3) is 0 Å². The number of amides is 1. The Balaban J connectivity index is 1.58. The number of carbonyl (C=O) groups is 1. The van der Waals surface area contributed by atoms with Gasteiger partial charge in [-0.15, -0.1) is 0 Å². The van der Waals surface area contributed by atoms with Gasteiger partial charge in [0, 0.05) is 30.5 Å². The summed E-state index contributed by atoms with van der Waals surface area (Å²) >= 11 is 0. The third kappa shape index (κ3) is 4.05. The van der Waals surface area contributed by atoms with Crippen molar-refractivity contribution in [1.29, 1.82) is 0 Å². The Morgan fingerprint density at radius 2 is 1.91 bits per heavy atom. The number of piperidine rings is 1. The Kier molecular flexibility index (Phi) is 5.21. The summed E-state index contributed by atoms with van der Waals surface area (Å²) < 4.78 is 0. The molecule has 0 unspecified atom stereocenters. The maximum absolute atomic E-state index is 12.3. The van der Waals surface area contributed by atoms with Crippen LogP contribution in [0.5, 0.6) is 0 Å². The predicted octanol–water partition coefficient (Wildman–Crippen LogP) is 3.41. The lowest BCUT2D eigenvalue weighted by Crippen LogP contribution is -2.42. The van der Waals surface area contributed by atoms with Gasteiger partial charge in [-0.2, -0.15) is 0 Å². The van der Waals surface area contributed by atoms with Crippen LogP contribution in [0.25, 0.3) is 0 Å². The van der Waals surface area contributed by atoms with Gasteiger partial charge in [0.2, 0.25) is 5.91 Å². The molecule has 1 atom stereocenters. The monoisotopic (exact) mass is 315 g/mol. The van der Waals surface area contributed by atoms with Gasteiger partial charge in [0.05, 0.1) is 6.54 Å². The maximum Gasteiger partial charge on any atom is 0.238 e. The highest BCUT2D eigenvalue weighted by Crippen LogP contribution is 2.26. The molecule has 2 heterocycles. The van der Waals surface area contributed by atoms with E-state index in [-0.39, 0.29) is 5.91 Å². The van der Waals surface area contributed by atoms with Crippen LogP contribution in [-0.4, -0.2) is 43.0 Å². The highest BCUT2D eigenvalue weighted by atomic mass is 16.2. The zero-order valence-corrected chi connectivity index (χ0v) is 14.5. The van der Waals surface area contributed by atoms with Gasteiger partial charge in [-0.25, -0.2) is 0 Å². The fourth-order valence-corrected chi connectivity index (χ4v) is 3.82. The fourth-order valence-electron chi connectivity index (χ4n) is 3.82. The molecule has 0 saturated carbocycles. The van der Waals surface area contributed by atoms with Crippen LogP contribution in [0, 0.1) is 6.92 Å². The van der Waals surface area contributed by atoms with Gasteiger partial charge in [0.1, 0.15) is 0 Å². The van der Waals surface area contributed by atoms with Crippen molar-refractivity contribution in [1.82, 2.24) is 4.90 Å². The molecular weight excluding hydrogens is 286 g/mol. The molecule has 2 aliphatic heterocycles. The van der Waals surface area contributed by atoms with Crippen LogP contribution in [0.3, 0.4) is 0 Å². The summed E-state index contributed by atoms with van der Waals surface area (Å²) in [6.07, 6.45) is 6.27. The molecule has 4 nitrogen and oxygen atoms in total. The Bertz CT molecular complexity index is 552. The number of carbonyl (C=O) groups excluding carboxylic acids is 1. The fraction of sp³-hybridized carbons (Fsp3) is 0.632. The van der Waals surface area contributed by atoms with Crippen molar-refractivity contribution < 1.29 is 4.79 Å². The van der Waals surface area contributed by atoms with E-state index in [9.17, 15) is 4.79 Å². The van der Waals surface area contributed by atoms with E-state index in [2.05, 4.69) is 41.1 Å². The van der Waals surface area contributed by atoms with E-state index in [1.165, 1.54) is 43.4 Å². The van der Waals surface area contributed by atoms with Crippen molar-refractivity contribution in [2.75, 3.05) is 36.4 Å². The SMILES string of the molecule is Cc1cc(NC(=O)CN2CCCC[C@@H]2C)ccc1N1CCCC1. The minimum atomic E-state index is 0.104. The second-order valence-electron chi connectivity index (χ2n) is 7.06. The first-order chi connectivity index (χ1) is 11.1. The van der Waals surface area contributed by atoms with Crippen LogP contribution >= 0.6 is 0 Å². The molecule has 4 heteroatoms. The highest BCUT2D eigenvalue weighted by Gasteiger charge is 2.20. The Morgan fingerprint density at radius 1 is 1.17 bits per heavy atom. The van der Waals surface area contributed by atoms with Gasteiger partial charge >= 0.3 is 0 Å². The van der Waals surface area contributed by atoms with Crippen LogP contribution in [0.4, 0.5) is 11.4 Å². The van der Waals surface area contributed by atoms with Crippen LogP contribution in [0.15, 0.2) is 18.2 Å². The molecule has 3 rings (SSSR count). The number of hydrogen-bond acceptors (Lipinski definition) is 3. The minimum absolute atomic E-state index is 0.104. The molecule has 0 radical (unpaired) electrons. The third-order valence-corrected chi connectivity index (χ3v) is 5.21. The molecule has 23 heavy (non-hydrogen) atoms. The molecular formula is C19H29N3O. The lowest BCUT2D eigenvalue weighted by Gasteiger charge is -2.32. The average molecular weight is 315 g/mol. The number of hydrogen-bond donors (Lipinski definition) is 1. The normalized spacial score (nSPS) is 22.3. The van der Waals surface area contributed by atoms with E-state index < -0.39 is 0 Å². The lowest BCUT2D eigenvalue weighted by atomic mass is 10.0. The van der Waals surface area contributed by atoms with E-state index >= 15 is 0 Å². The van der Waals surface area contributed by atoms with Crippen molar-refractivity contribution in [2.45, 2.75) is 52.0 Å². The van der Waals surface area contributed by atoms with Crippen LogP contribution in [-0.2, 0) is 4.79 Å². The zero-order chi connectivity index (χ0) is 16.2. The summed E-state index contributed by atoms with van der Waals surface area (Å²) in [5, 5.41) is 3.07. The van der Waals surface area contributed by atoms with Crippen molar-refractivity contribution in [3.05, 3.63) is 23.8 Å². The van der Waals surface area contributed by atoms with E-state index in [1.807, 2.05) is 6.07 Å². The number of likely N-dealkylation sites (tertiary alicyclic amines) is 1. The van der Waals surface area contributed by atoms with Gasteiger partial charge < -0.3 is 10.2 Å². The van der Waals surface area contributed by atoms with E-state index in [0.29, 0.717) is 12.6 Å².